The third-order valence-corrected chi connectivity index (χ3v) is 5.62. The number of esters is 1. The van der Waals surface area contributed by atoms with E-state index in [1.165, 1.54) is 0 Å². The van der Waals surface area contributed by atoms with Gasteiger partial charge in [-0.05, 0) is 42.7 Å². The molecule has 2 unspecified atom stereocenters. The van der Waals surface area contributed by atoms with Crippen LogP contribution in [0, 0.1) is 23.2 Å². The molecular weight excluding hydrogens is 364 g/mol. The maximum absolute atomic E-state index is 12.5. The quantitative estimate of drug-likeness (QED) is 0.604. The van der Waals surface area contributed by atoms with Crippen molar-refractivity contribution in [1.29, 1.82) is 5.26 Å². The third kappa shape index (κ3) is 5.44. The molecule has 1 fully saturated rings. The molecule has 2 aromatic rings. The van der Waals surface area contributed by atoms with Gasteiger partial charge in [-0.15, -0.1) is 0 Å². The molecule has 0 heterocycles. The summed E-state index contributed by atoms with van der Waals surface area (Å²) < 4.78 is 5.30. The summed E-state index contributed by atoms with van der Waals surface area (Å²) in [5.41, 5.74) is 1.91. The van der Waals surface area contributed by atoms with Crippen LogP contribution in [0.25, 0.3) is 0 Å². The van der Waals surface area contributed by atoms with Gasteiger partial charge in [-0.2, -0.15) is 5.26 Å². The van der Waals surface area contributed by atoms with Gasteiger partial charge in [0.25, 0.3) is 0 Å². The van der Waals surface area contributed by atoms with Gasteiger partial charge in [0.05, 0.1) is 37.3 Å². The zero-order chi connectivity index (χ0) is 20.6. The minimum atomic E-state index is -0.365. The van der Waals surface area contributed by atoms with Gasteiger partial charge in [0.15, 0.2) is 0 Å². The second-order valence-electron chi connectivity index (χ2n) is 7.53. The molecule has 5 atom stereocenters. The number of aliphatic hydroxyl groups is 1. The number of carbonyl (C=O) groups excluding carboxylic acids is 1. The molecule has 0 saturated heterocycles. The van der Waals surface area contributed by atoms with E-state index in [-0.39, 0.29) is 42.4 Å². The van der Waals surface area contributed by atoms with E-state index in [0.717, 1.165) is 17.5 Å². The van der Waals surface area contributed by atoms with Gasteiger partial charge in [-0.1, -0.05) is 60.7 Å². The van der Waals surface area contributed by atoms with Crippen LogP contribution in [0.3, 0.4) is 0 Å². The van der Waals surface area contributed by atoms with Gasteiger partial charge in [0.2, 0.25) is 0 Å². The van der Waals surface area contributed by atoms with Crippen molar-refractivity contribution in [3.63, 3.8) is 0 Å². The van der Waals surface area contributed by atoms with Crippen LogP contribution in [0.5, 0.6) is 0 Å². The lowest BCUT2D eigenvalue weighted by Gasteiger charge is -2.21. The number of rotatable bonds is 10. The van der Waals surface area contributed by atoms with Crippen LogP contribution in [-0.4, -0.2) is 30.3 Å². The highest BCUT2D eigenvalue weighted by Crippen LogP contribution is 2.47. The van der Waals surface area contributed by atoms with E-state index >= 15 is 0 Å². The highest BCUT2D eigenvalue weighted by atomic mass is 16.5. The predicted molar refractivity (Wildman–Crippen MR) is 111 cm³/mol. The van der Waals surface area contributed by atoms with Crippen LogP contribution in [0.2, 0.25) is 0 Å². The zero-order valence-electron chi connectivity index (χ0n) is 16.7. The van der Waals surface area contributed by atoms with Crippen molar-refractivity contribution in [2.24, 2.45) is 11.8 Å². The van der Waals surface area contributed by atoms with Gasteiger partial charge in [0, 0.05) is 0 Å². The molecule has 3 rings (SSSR count). The zero-order valence-corrected chi connectivity index (χ0v) is 16.7. The fourth-order valence-corrected chi connectivity index (χ4v) is 3.96. The molecule has 0 aromatic heterocycles. The van der Waals surface area contributed by atoms with Crippen molar-refractivity contribution in [2.45, 2.75) is 37.8 Å². The molecule has 0 amide bonds. The number of nitrogens with one attached hydrogen (secondary N) is 1. The monoisotopic (exact) mass is 392 g/mol. The first-order valence-electron chi connectivity index (χ1n) is 10.2. The fraction of sp³-hybridized carbons (Fsp3) is 0.417. The second kappa shape index (κ2) is 10.2. The Bertz CT molecular complexity index is 819. The summed E-state index contributed by atoms with van der Waals surface area (Å²) >= 11 is 0. The van der Waals surface area contributed by atoms with E-state index in [1.54, 1.807) is 0 Å². The number of nitriles is 1. The van der Waals surface area contributed by atoms with Crippen molar-refractivity contribution >= 4 is 5.97 Å². The van der Waals surface area contributed by atoms with Crippen LogP contribution in [0.1, 0.15) is 42.9 Å². The summed E-state index contributed by atoms with van der Waals surface area (Å²) in [5, 5.41) is 22.8. The minimum absolute atomic E-state index is 0.0744. The largest absolute Gasteiger partial charge is 0.466 e. The number of carbonyl (C=O) groups is 1. The smallest absolute Gasteiger partial charge is 0.313 e. The van der Waals surface area contributed by atoms with E-state index < -0.39 is 0 Å². The predicted octanol–water partition coefficient (Wildman–Crippen LogP) is 3.57. The summed E-state index contributed by atoms with van der Waals surface area (Å²) in [6.45, 7) is 2.09. The van der Waals surface area contributed by atoms with Crippen LogP contribution in [0.15, 0.2) is 60.7 Å². The Labute approximate surface area is 172 Å². The van der Waals surface area contributed by atoms with E-state index in [0.29, 0.717) is 13.0 Å². The molecule has 1 aliphatic rings. The van der Waals surface area contributed by atoms with Crippen molar-refractivity contribution in [3.8, 4) is 6.07 Å². The molecule has 1 aliphatic carbocycles. The Morgan fingerprint density at radius 3 is 2.34 bits per heavy atom. The van der Waals surface area contributed by atoms with Crippen molar-refractivity contribution in [3.05, 3.63) is 71.8 Å². The molecule has 5 nitrogen and oxygen atoms in total. The average Bonchev–Trinajstić information content (AvgIpc) is 3.53. The molecule has 152 valence electrons. The normalized spacial score (nSPS) is 20.9. The summed E-state index contributed by atoms with van der Waals surface area (Å²) in [4.78, 5) is 12.5. The summed E-state index contributed by atoms with van der Waals surface area (Å²) in [7, 11) is 0. The summed E-state index contributed by atoms with van der Waals surface area (Å²) in [5.74, 6) is -0.0770. The van der Waals surface area contributed by atoms with Crippen molar-refractivity contribution in [2.75, 3.05) is 13.2 Å². The Hall–Kier alpha value is -2.68. The molecule has 1 saturated carbocycles. The van der Waals surface area contributed by atoms with Crippen LogP contribution in [0.4, 0.5) is 0 Å². The molecule has 29 heavy (non-hydrogen) atoms. The van der Waals surface area contributed by atoms with E-state index in [9.17, 15) is 15.2 Å². The summed E-state index contributed by atoms with van der Waals surface area (Å²) in [6.07, 6.45) is 1.56. The van der Waals surface area contributed by atoms with Crippen molar-refractivity contribution < 1.29 is 14.6 Å². The average molecular weight is 392 g/mol. The van der Waals surface area contributed by atoms with Gasteiger partial charge in [0.1, 0.15) is 0 Å². The van der Waals surface area contributed by atoms with E-state index in [2.05, 4.69) is 11.4 Å². The lowest BCUT2D eigenvalue weighted by molar-refractivity contribution is -0.145. The molecule has 0 bridgehead atoms. The Morgan fingerprint density at radius 1 is 1.17 bits per heavy atom. The van der Waals surface area contributed by atoms with Gasteiger partial charge >= 0.3 is 5.97 Å². The van der Waals surface area contributed by atoms with Gasteiger partial charge in [-0.3, -0.25) is 10.1 Å². The first kappa shape index (κ1) is 21.0. The van der Waals surface area contributed by atoms with Crippen LogP contribution >= 0.6 is 0 Å². The topological polar surface area (TPSA) is 82.4 Å². The fourth-order valence-electron chi connectivity index (χ4n) is 3.96. The lowest BCUT2D eigenvalue weighted by Crippen LogP contribution is -2.35. The number of aliphatic hydroxyl groups excluding tert-OH is 1. The first-order valence-corrected chi connectivity index (χ1v) is 10.2. The highest BCUT2D eigenvalue weighted by molar-refractivity contribution is 5.78. The third-order valence-electron chi connectivity index (χ3n) is 5.62. The lowest BCUT2D eigenvalue weighted by atomic mass is 9.92. The molecule has 5 heteroatoms. The standard InChI is InChI=1S/C24H28N2O3/c1-2-29-24(28)21(17-9-5-3-6-10-17)14-19-13-20(19)22(15-25)26-23(16-27)18-11-7-4-8-12-18/h3-12,19-23,26-27H,2,13-14,16H2,1H3/t19?,20-,21-,22-,23?/m1/s1. The number of benzene rings is 2. The molecule has 2 N–H and O–H groups in total. The molecule has 0 radical (unpaired) electrons. The number of nitrogens with zero attached hydrogens (tertiary/aromatic N) is 1. The maximum atomic E-state index is 12.5. The Kier molecular flexibility index (Phi) is 7.40. The molecular formula is C24H28N2O3. The van der Waals surface area contributed by atoms with Crippen LogP contribution < -0.4 is 5.32 Å². The second-order valence-corrected chi connectivity index (χ2v) is 7.53. The highest BCUT2D eigenvalue weighted by Gasteiger charge is 2.46. The van der Waals surface area contributed by atoms with Gasteiger partial charge < -0.3 is 9.84 Å². The number of hydrogen-bond acceptors (Lipinski definition) is 5. The van der Waals surface area contributed by atoms with Crippen molar-refractivity contribution in [1.82, 2.24) is 5.32 Å². The SMILES string of the molecule is CCOC(=O)[C@H](CC1C[C@H]1[C@@H](C#N)NC(CO)c1ccccc1)c1ccccc1. The van der Waals surface area contributed by atoms with E-state index in [4.69, 9.17) is 4.74 Å². The Morgan fingerprint density at radius 2 is 1.79 bits per heavy atom. The van der Waals surface area contributed by atoms with E-state index in [1.807, 2.05) is 67.6 Å². The van der Waals surface area contributed by atoms with Gasteiger partial charge in [-0.25, -0.2) is 0 Å². The number of ether oxygens (including phenoxy) is 1. The van der Waals surface area contributed by atoms with Crippen LogP contribution in [-0.2, 0) is 9.53 Å². The number of hydrogen-bond donors (Lipinski definition) is 2. The molecule has 0 spiro atoms. The first-order chi connectivity index (χ1) is 14.2. The molecule has 0 aliphatic heterocycles. The minimum Gasteiger partial charge on any atom is -0.466 e. The summed E-state index contributed by atoms with van der Waals surface area (Å²) in [6, 6.07) is 21.1. The molecule has 2 aromatic carbocycles. The Balaban J connectivity index is 1.65. The maximum Gasteiger partial charge on any atom is 0.313 e.